The van der Waals surface area contributed by atoms with Gasteiger partial charge < -0.3 is 0 Å². The zero-order valence-electron chi connectivity index (χ0n) is 9.82. The number of hydrogen-bond donors (Lipinski definition) is 1. The molecule has 0 saturated heterocycles. The van der Waals surface area contributed by atoms with Crippen molar-refractivity contribution in [3.63, 3.8) is 0 Å². The van der Waals surface area contributed by atoms with Crippen LogP contribution in [0.3, 0.4) is 0 Å². The van der Waals surface area contributed by atoms with E-state index in [0.29, 0.717) is 5.82 Å². The van der Waals surface area contributed by atoms with Gasteiger partial charge in [-0.2, -0.15) is 10.2 Å². The summed E-state index contributed by atoms with van der Waals surface area (Å²) in [5.74, 6) is 1.46. The van der Waals surface area contributed by atoms with E-state index < -0.39 is 0 Å². The van der Waals surface area contributed by atoms with Gasteiger partial charge in [-0.05, 0) is 23.6 Å². The number of aromatic nitrogens is 5. The Morgan fingerprint density at radius 2 is 2.16 bits per heavy atom. The molecule has 0 saturated carbocycles. The first-order valence-electron chi connectivity index (χ1n) is 5.81. The minimum Gasteiger partial charge on any atom is -0.258 e. The molecule has 0 aliphatic carbocycles. The maximum Gasteiger partial charge on any atom is 0.185 e. The van der Waals surface area contributed by atoms with Crippen LogP contribution in [0.5, 0.6) is 0 Å². The van der Waals surface area contributed by atoms with Gasteiger partial charge in [0.25, 0.3) is 0 Å². The zero-order chi connectivity index (χ0) is 12.7. The molecule has 0 bridgehead atoms. The van der Waals surface area contributed by atoms with Crippen molar-refractivity contribution in [1.82, 2.24) is 24.8 Å². The second-order valence-electron chi connectivity index (χ2n) is 4.07. The Morgan fingerprint density at radius 3 is 3.05 bits per heavy atom. The number of thiophene rings is 1. The van der Waals surface area contributed by atoms with Crippen molar-refractivity contribution in [3.8, 4) is 22.1 Å². The summed E-state index contributed by atoms with van der Waals surface area (Å²) in [5.41, 5.74) is 1.93. The van der Waals surface area contributed by atoms with Crippen molar-refractivity contribution in [1.29, 1.82) is 0 Å². The van der Waals surface area contributed by atoms with Crippen LogP contribution in [0.4, 0.5) is 0 Å². The largest absolute Gasteiger partial charge is 0.258 e. The fraction of sp³-hybridized carbons (Fsp3) is 0. The number of H-pyrrole nitrogens is 1. The van der Waals surface area contributed by atoms with Crippen molar-refractivity contribution in [2.45, 2.75) is 0 Å². The van der Waals surface area contributed by atoms with E-state index in [1.807, 2.05) is 46.4 Å². The number of fused-ring (bicyclic) bond motifs is 1. The quantitative estimate of drug-likeness (QED) is 0.607. The maximum atomic E-state index is 4.54. The number of aromatic amines is 1. The molecule has 0 radical (unpaired) electrons. The highest BCUT2D eigenvalue weighted by Gasteiger charge is 2.12. The first-order valence-corrected chi connectivity index (χ1v) is 6.69. The fourth-order valence-electron chi connectivity index (χ4n) is 2.01. The number of nitrogens with one attached hydrogen (secondary N) is 1. The van der Waals surface area contributed by atoms with Gasteiger partial charge in [-0.3, -0.25) is 5.10 Å². The maximum absolute atomic E-state index is 4.54. The van der Waals surface area contributed by atoms with Gasteiger partial charge in [0.05, 0.1) is 22.2 Å². The van der Waals surface area contributed by atoms with Crippen LogP contribution in [-0.4, -0.2) is 24.8 Å². The van der Waals surface area contributed by atoms with Crippen molar-refractivity contribution >= 4 is 16.9 Å². The van der Waals surface area contributed by atoms with E-state index in [9.17, 15) is 0 Å². The summed E-state index contributed by atoms with van der Waals surface area (Å²) in [6.07, 6.45) is 3.70. The highest BCUT2D eigenvalue weighted by Crippen LogP contribution is 2.25. The minimum atomic E-state index is 0.671. The predicted octanol–water partition coefficient (Wildman–Crippen LogP) is 2.85. The molecule has 92 valence electrons. The molecule has 4 aromatic rings. The van der Waals surface area contributed by atoms with E-state index in [1.165, 1.54) is 0 Å². The Hall–Kier alpha value is -2.47. The normalized spacial score (nSPS) is 11.2. The molecule has 0 aromatic carbocycles. The van der Waals surface area contributed by atoms with E-state index >= 15 is 0 Å². The molecule has 4 rings (SSSR count). The fourth-order valence-corrected chi connectivity index (χ4v) is 2.68. The SMILES string of the molecule is c1csc(-c2nc(-c3cnn4ccccc34)n[nH]2)c1. The summed E-state index contributed by atoms with van der Waals surface area (Å²) >= 11 is 1.64. The molecular formula is C13H9N5S. The summed E-state index contributed by atoms with van der Waals surface area (Å²) < 4.78 is 1.82. The van der Waals surface area contributed by atoms with Gasteiger partial charge in [-0.1, -0.05) is 12.1 Å². The van der Waals surface area contributed by atoms with Crippen LogP contribution in [-0.2, 0) is 0 Å². The molecule has 0 fully saturated rings. The Kier molecular flexibility index (Phi) is 2.22. The summed E-state index contributed by atoms with van der Waals surface area (Å²) in [5, 5.41) is 13.6. The Bertz CT molecular complexity index is 828. The molecule has 19 heavy (non-hydrogen) atoms. The van der Waals surface area contributed by atoms with Gasteiger partial charge in [0.2, 0.25) is 0 Å². The third-order valence-corrected chi connectivity index (χ3v) is 3.78. The lowest BCUT2D eigenvalue weighted by Crippen LogP contribution is -1.84. The molecule has 5 nitrogen and oxygen atoms in total. The lowest BCUT2D eigenvalue weighted by Gasteiger charge is -1.92. The monoisotopic (exact) mass is 267 g/mol. The number of pyridine rings is 1. The van der Waals surface area contributed by atoms with Crippen LogP contribution in [0, 0.1) is 0 Å². The van der Waals surface area contributed by atoms with Gasteiger partial charge in [-0.25, -0.2) is 9.50 Å². The lowest BCUT2D eigenvalue weighted by atomic mass is 10.2. The van der Waals surface area contributed by atoms with Crippen LogP contribution in [0.15, 0.2) is 48.1 Å². The highest BCUT2D eigenvalue weighted by molar-refractivity contribution is 7.13. The van der Waals surface area contributed by atoms with Crippen LogP contribution >= 0.6 is 11.3 Å². The Morgan fingerprint density at radius 1 is 1.16 bits per heavy atom. The van der Waals surface area contributed by atoms with E-state index in [4.69, 9.17) is 0 Å². The lowest BCUT2D eigenvalue weighted by molar-refractivity contribution is 0.961. The van der Waals surface area contributed by atoms with E-state index in [2.05, 4.69) is 20.3 Å². The third kappa shape index (κ3) is 1.65. The van der Waals surface area contributed by atoms with Crippen molar-refractivity contribution in [2.75, 3.05) is 0 Å². The standard InChI is InChI=1S/C13H9N5S/c1-2-6-18-10(4-1)9(8-14-18)12-15-13(17-16-12)11-5-3-7-19-11/h1-8H,(H,15,16,17). The topological polar surface area (TPSA) is 58.9 Å². The summed E-state index contributed by atoms with van der Waals surface area (Å²) in [6, 6.07) is 9.94. The van der Waals surface area contributed by atoms with Crippen LogP contribution < -0.4 is 0 Å². The molecule has 6 heteroatoms. The number of hydrogen-bond acceptors (Lipinski definition) is 4. The molecule has 0 amide bonds. The summed E-state index contributed by atoms with van der Waals surface area (Å²) in [6.45, 7) is 0. The smallest absolute Gasteiger partial charge is 0.185 e. The van der Waals surface area contributed by atoms with Crippen LogP contribution in [0.1, 0.15) is 0 Å². The van der Waals surface area contributed by atoms with Gasteiger partial charge >= 0.3 is 0 Å². The Labute approximate surface area is 112 Å². The van der Waals surface area contributed by atoms with E-state index in [1.54, 1.807) is 17.5 Å². The molecular weight excluding hydrogens is 258 g/mol. The third-order valence-electron chi connectivity index (χ3n) is 2.91. The molecule has 0 spiro atoms. The van der Waals surface area contributed by atoms with Gasteiger partial charge in [0.1, 0.15) is 0 Å². The zero-order valence-corrected chi connectivity index (χ0v) is 10.6. The van der Waals surface area contributed by atoms with Crippen LogP contribution in [0.2, 0.25) is 0 Å². The molecule has 0 aliphatic heterocycles. The molecule has 1 N–H and O–H groups in total. The van der Waals surface area contributed by atoms with E-state index in [-0.39, 0.29) is 0 Å². The van der Waals surface area contributed by atoms with Gasteiger partial charge in [0.15, 0.2) is 11.6 Å². The van der Waals surface area contributed by atoms with Crippen molar-refractivity contribution < 1.29 is 0 Å². The molecule has 0 aliphatic rings. The summed E-state index contributed by atoms with van der Waals surface area (Å²) in [7, 11) is 0. The Balaban J connectivity index is 1.85. The molecule has 0 unspecified atom stereocenters. The second-order valence-corrected chi connectivity index (χ2v) is 5.02. The minimum absolute atomic E-state index is 0.671. The van der Waals surface area contributed by atoms with Gasteiger partial charge in [-0.15, -0.1) is 11.3 Å². The summed E-state index contributed by atoms with van der Waals surface area (Å²) in [4.78, 5) is 5.61. The molecule has 4 aromatic heterocycles. The molecule has 0 atom stereocenters. The van der Waals surface area contributed by atoms with Crippen molar-refractivity contribution in [2.24, 2.45) is 0 Å². The number of rotatable bonds is 2. The van der Waals surface area contributed by atoms with Crippen LogP contribution in [0.25, 0.3) is 27.6 Å². The average Bonchev–Trinajstić information content (AvgIpc) is 3.18. The number of nitrogens with zero attached hydrogens (tertiary/aromatic N) is 4. The average molecular weight is 267 g/mol. The predicted molar refractivity (Wildman–Crippen MR) is 73.9 cm³/mol. The highest BCUT2D eigenvalue weighted by atomic mass is 32.1. The second kappa shape index (κ2) is 4.03. The van der Waals surface area contributed by atoms with Crippen molar-refractivity contribution in [3.05, 3.63) is 48.1 Å². The first kappa shape index (κ1) is 10.5. The van der Waals surface area contributed by atoms with Gasteiger partial charge in [0, 0.05) is 6.20 Å². The molecule has 4 heterocycles. The van der Waals surface area contributed by atoms with E-state index in [0.717, 1.165) is 21.8 Å². The first-order chi connectivity index (χ1) is 9.42.